The summed E-state index contributed by atoms with van der Waals surface area (Å²) in [4.78, 5) is 20.2. The van der Waals surface area contributed by atoms with E-state index < -0.39 is 4.92 Å². The van der Waals surface area contributed by atoms with Crippen LogP contribution in [0.1, 0.15) is 12.8 Å². The van der Waals surface area contributed by atoms with Gasteiger partial charge in [-0.1, -0.05) is 0 Å². The number of hydrogen-bond donors (Lipinski definition) is 1. The predicted octanol–water partition coefficient (Wildman–Crippen LogP) is 2.93. The van der Waals surface area contributed by atoms with E-state index in [0.29, 0.717) is 17.3 Å². The van der Waals surface area contributed by atoms with Crippen LogP contribution in [0.5, 0.6) is 0 Å². The fourth-order valence-corrected chi connectivity index (χ4v) is 2.88. The molecular weight excluding hydrogens is 280 g/mol. The number of hydrogen-bond acceptors (Lipinski definition) is 4. The first kappa shape index (κ1) is 13.2. The molecule has 1 fully saturated rings. The number of halogens is 1. The monoisotopic (exact) mass is 294 g/mol. The molecule has 1 aromatic heterocycles. The zero-order valence-electron chi connectivity index (χ0n) is 10.9. The van der Waals surface area contributed by atoms with Gasteiger partial charge in [0.1, 0.15) is 0 Å². The van der Waals surface area contributed by atoms with Crippen molar-refractivity contribution < 1.29 is 4.92 Å². The molecule has 106 valence electrons. The maximum absolute atomic E-state index is 10.8. The number of nitro benzene ring substituents is 1. The predicted molar refractivity (Wildman–Crippen MR) is 78.4 cm³/mol. The molecule has 1 aromatic carbocycles. The van der Waals surface area contributed by atoms with Crippen LogP contribution in [0.25, 0.3) is 11.0 Å². The van der Waals surface area contributed by atoms with E-state index in [4.69, 9.17) is 11.6 Å². The number of H-pyrrole nitrogens is 1. The zero-order chi connectivity index (χ0) is 14.1. The Morgan fingerprint density at radius 2 is 2.40 bits per heavy atom. The van der Waals surface area contributed by atoms with Crippen molar-refractivity contribution in [3.8, 4) is 0 Å². The van der Waals surface area contributed by atoms with Gasteiger partial charge < -0.3 is 9.88 Å². The van der Waals surface area contributed by atoms with Gasteiger partial charge in [-0.25, -0.2) is 4.98 Å². The minimum atomic E-state index is -0.398. The molecule has 0 saturated carbocycles. The number of imidazole rings is 1. The average molecular weight is 295 g/mol. The van der Waals surface area contributed by atoms with Crippen molar-refractivity contribution in [3.05, 3.63) is 28.3 Å². The van der Waals surface area contributed by atoms with Crippen LogP contribution in [-0.2, 0) is 0 Å². The highest BCUT2D eigenvalue weighted by Gasteiger charge is 2.21. The fourth-order valence-electron chi connectivity index (χ4n) is 2.63. The lowest BCUT2D eigenvalue weighted by Crippen LogP contribution is -2.36. The van der Waals surface area contributed by atoms with Crippen LogP contribution >= 0.6 is 11.6 Å². The summed E-state index contributed by atoms with van der Waals surface area (Å²) in [6.45, 7) is 1.82. The minimum absolute atomic E-state index is 0.0741. The van der Waals surface area contributed by atoms with Gasteiger partial charge in [-0.3, -0.25) is 10.1 Å². The normalized spacial score (nSPS) is 19.4. The van der Waals surface area contributed by atoms with Crippen molar-refractivity contribution in [2.45, 2.75) is 12.8 Å². The minimum Gasteiger partial charge on any atom is -0.342 e. The number of aromatic nitrogens is 2. The Morgan fingerprint density at radius 3 is 3.15 bits per heavy atom. The number of benzene rings is 1. The summed E-state index contributed by atoms with van der Waals surface area (Å²) >= 11 is 5.94. The van der Waals surface area contributed by atoms with Gasteiger partial charge in [0.25, 0.3) is 5.69 Å². The molecule has 6 nitrogen and oxygen atoms in total. The fraction of sp³-hybridized carbons (Fsp3) is 0.462. The van der Waals surface area contributed by atoms with Crippen molar-refractivity contribution in [1.29, 1.82) is 0 Å². The number of nitrogens with one attached hydrogen (secondary N) is 1. The number of nitrogens with zero attached hydrogens (tertiary/aromatic N) is 3. The summed E-state index contributed by atoms with van der Waals surface area (Å²) in [5.74, 6) is 1.91. The molecule has 3 rings (SSSR count). The first-order valence-electron chi connectivity index (χ1n) is 6.62. The Labute approximate surface area is 120 Å². The molecule has 0 aliphatic carbocycles. The lowest BCUT2D eigenvalue weighted by Gasteiger charge is -2.31. The van der Waals surface area contributed by atoms with Crippen molar-refractivity contribution in [2.24, 2.45) is 5.92 Å². The van der Waals surface area contributed by atoms with Gasteiger partial charge >= 0.3 is 0 Å². The van der Waals surface area contributed by atoms with Gasteiger partial charge in [-0.05, 0) is 24.8 Å². The third kappa shape index (κ3) is 2.43. The number of piperidine rings is 1. The van der Waals surface area contributed by atoms with Gasteiger partial charge in [0.05, 0.1) is 16.0 Å². The van der Waals surface area contributed by atoms with Gasteiger partial charge in [0.15, 0.2) is 0 Å². The SMILES string of the molecule is O=[N+]([O-])c1ccc2nc(N3CCCC(CCl)C3)[nH]c2c1. The summed E-state index contributed by atoms with van der Waals surface area (Å²) < 4.78 is 0. The second-order valence-electron chi connectivity index (χ2n) is 5.13. The number of rotatable bonds is 3. The van der Waals surface area contributed by atoms with E-state index in [1.807, 2.05) is 0 Å². The maximum Gasteiger partial charge on any atom is 0.271 e. The Kier molecular flexibility index (Phi) is 3.48. The number of anilines is 1. The van der Waals surface area contributed by atoms with Crippen LogP contribution in [0.3, 0.4) is 0 Å². The molecule has 7 heteroatoms. The smallest absolute Gasteiger partial charge is 0.271 e. The molecule has 1 saturated heterocycles. The van der Waals surface area contributed by atoms with Crippen LogP contribution in [0.4, 0.5) is 11.6 Å². The van der Waals surface area contributed by atoms with Crippen molar-refractivity contribution in [3.63, 3.8) is 0 Å². The Hall–Kier alpha value is -1.82. The van der Waals surface area contributed by atoms with Gasteiger partial charge in [-0.15, -0.1) is 11.6 Å². The maximum atomic E-state index is 10.8. The summed E-state index contributed by atoms with van der Waals surface area (Å²) in [6.07, 6.45) is 2.24. The molecule has 0 radical (unpaired) electrons. The van der Waals surface area contributed by atoms with E-state index in [9.17, 15) is 10.1 Å². The van der Waals surface area contributed by atoms with E-state index in [2.05, 4.69) is 14.9 Å². The molecule has 2 aromatic rings. The molecule has 0 spiro atoms. The molecule has 0 amide bonds. The Balaban J connectivity index is 1.90. The third-order valence-electron chi connectivity index (χ3n) is 3.70. The Bertz CT molecular complexity index is 642. The molecule has 1 aliphatic rings. The molecule has 1 aliphatic heterocycles. The van der Waals surface area contributed by atoms with E-state index in [-0.39, 0.29) is 5.69 Å². The number of non-ortho nitro benzene ring substituents is 1. The summed E-state index contributed by atoms with van der Waals surface area (Å²) in [7, 11) is 0. The highest BCUT2D eigenvalue weighted by Crippen LogP contribution is 2.25. The quantitative estimate of drug-likeness (QED) is 0.536. The van der Waals surface area contributed by atoms with Crippen LogP contribution < -0.4 is 4.90 Å². The first-order valence-corrected chi connectivity index (χ1v) is 7.16. The average Bonchev–Trinajstić information content (AvgIpc) is 2.90. The molecule has 1 unspecified atom stereocenters. The van der Waals surface area contributed by atoms with Crippen LogP contribution in [0, 0.1) is 16.0 Å². The number of nitro groups is 1. The topological polar surface area (TPSA) is 75.1 Å². The number of aromatic amines is 1. The van der Waals surface area contributed by atoms with Crippen LogP contribution in [0.15, 0.2) is 18.2 Å². The first-order chi connectivity index (χ1) is 9.67. The second-order valence-corrected chi connectivity index (χ2v) is 5.44. The van der Waals surface area contributed by atoms with Gasteiger partial charge in [0.2, 0.25) is 5.95 Å². The molecule has 1 N–H and O–H groups in total. The van der Waals surface area contributed by atoms with Crippen LogP contribution in [-0.4, -0.2) is 33.9 Å². The van der Waals surface area contributed by atoms with E-state index in [0.717, 1.165) is 37.4 Å². The zero-order valence-corrected chi connectivity index (χ0v) is 11.6. The van der Waals surface area contributed by atoms with Gasteiger partial charge in [-0.2, -0.15) is 0 Å². The molecule has 1 atom stereocenters. The standard InChI is InChI=1S/C13H15ClN4O2/c14-7-9-2-1-5-17(8-9)13-15-11-4-3-10(18(19)20)6-12(11)16-13/h3-4,6,9H,1-2,5,7-8H2,(H,15,16). The van der Waals surface area contributed by atoms with E-state index in [1.54, 1.807) is 6.07 Å². The van der Waals surface area contributed by atoms with Crippen molar-refractivity contribution >= 4 is 34.3 Å². The highest BCUT2D eigenvalue weighted by atomic mass is 35.5. The summed E-state index contributed by atoms with van der Waals surface area (Å²) in [6, 6.07) is 4.68. The third-order valence-corrected chi connectivity index (χ3v) is 4.14. The van der Waals surface area contributed by atoms with Gasteiger partial charge in [0, 0.05) is 31.1 Å². The molecule has 2 heterocycles. The lowest BCUT2D eigenvalue weighted by atomic mass is 10.0. The molecule has 0 bridgehead atoms. The lowest BCUT2D eigenvalue weighted by molar-refractivity contribution is -0.384. The van der Waals surface area contributed by atoms with E-state index in [1.165, 1.54) is 12.1 Å². The summed E-state index contributed by atoms with van der Waals surface area (Å²) in [5.41, 5.74) is 1.52. The molecule has 20 heavy (non-hydrogen) atoms. The van der Waals surface area contributed by atoms with Crippen molar-refractivity contribution in [2.75, 3.05) is 23.9 Å². The summed E-state index contributed by atoms with van der Waals surface area (Å²) in [5, 5.41) is 10.8. The van der Waals surface area contributed by atoms with Crippen molar-refractivity contribution in [1.82, 2.24) is 9.97 Å². The number of fused-ring (bicyclic) bond motifs is 1. The van der Waals surface area contributed by atoms with Crippen LogP contribution in [0.2, 0.25) is 0 Å². The molecular formula is C13H15ClN4O2. The highest BCUT2D eigenvalue weighted by molar-refractivity contribution is 6.18. The number of alkyl halides is 1. The second kappa shape index (κ2) is 5.28. The van der Waals surface area contributed by atoms with E-state index >= 15 is 0 Å². The Morgan fingerprint density at radius 1 is 1.55 bits per heavy atom. The largest absolute Gasteiger partial charge is 0.342 e.